The molecule has 0 radical (unpaired) electrons. The first-order valence-corrected chi connectivity index (χ1v) is 7.05. The molecule has 1 atom stereocenters. The van der Waals surface area contributed by atoms with Crippen molar-refractivity contribution in [2.75, 3.05) is 0 Å². The van der Waals surface area contributed by atoms with Gasteiger partial charge in [0.2, 0.25) is 5.92 Å². The van der Waals surface area contributed by atoms with Gasteiger partial charge in [-0.3, -0.25) is 4.98 Å². The van der Waals surface area contributed by atoms with Gasteiger partial charge in [-0.05, 0) is 31.2 Å². The molecule has 1 saturated carbocycles. The molecule has 0 amide bonds. The molecule has 0 saturated heterocycles. The van der Waals surface area contributed by atoms with E-state index in [9.17, 15) is 8.78 Å². The van der Waals surface area contributed by atoms with Crippen LogP contribution in [0.5, 0.6) is 0 Å². The Kier molecular flexibility index (Phi) is 3.54. The van der Waals surface area contributed by atoms with Gasteiger partial charge in [0.25, 0.3) is 0 Å². The summed E-state index contributed by atoms with van der Waals surface area (Å²) in [6, 6.07) is 1.79. The molecule has 1 unspecified atom stereocenters. The van der Waals surface area contributed by atoms with E-state index < -0.39 is 5.92 Å². The van der Waals surface area contributed by atoms with Crippen LogP contribution in [0.1, 0.15) is 31.4 Å². The quantitative estimate of drug-likeness (QED) is 0.858. The Morgan fingerprint density at radius 2 is 2.15 bits per heavy atom. The molecular weight excluding hydrogens is 284 g/mol. The first-order chi connectivity index (χ1) is 9.55. The van der Waals surface area contributed by atoms with Crippen molar-refractivity contribution >= 4 is 22.4 Å². The Hall–Kier alpha value is -1.36. The van der Waals surface area contributed by atoms with E-state index in [1.165, 1.54) is 0 Å². The number of halogens is 3. The smallest absolute Gasteiger partial charge is 0.248 e. The Balaban J connectivity index is 1.77. The minimum Gasteiger partial charge on any atom is -0.264 e. The summed E-state index contributed by atoms with van der Waals surface area (Å²) in [5, 5.41) is 10.0. The van der Waals surface area contributed by atoms with E-state index in [4.69, 9.17) is 11.6 Å². The van der Waals surface area contributed by atoms with E-state index in [1.54, 1.807) is 18.5 Å². The van der Waals surface area contributed by atoms with Crippen LogP contribution in [0.4, 0.5) is 8.78 Å². The highest BCUT2D eigenvalue weighted by Crippen LogP contribution is 2.40. The zero-order valence-electron chi connectivity index (χ0n) is 10.8. The van der Waals surface area contributed by atoms with E-state index in [0.717, 1.165) is 16.5 Å². The number of nitrogens with zero attached hydrogens (tertiary/aromatic N) is 3. The van der Waals surface area contributed by atoms with Gasteiger partial charge in [-0.2, -0.15) is 5.10 Å². The summed E-state index contributed by atoms with van der Waals surface area (Å²) in [6.45, 7) is 0. The van der Waals surface area contributed by atoms with Crippen molar-refractivity contribution < 1.29 is 8.78 Å². The number of fused-ring (bicyclic) bond motifs is 1. The van der Waals surface area contributed by atoms with Crippen molar-refractivity contribution in [3.05, 3.63) is 29.3 Å². The lowest BCUT2D eigenvalue weighted by molar-refractivity contribution is 0.00472. The molecule has 6 heteroatoms. The van der Waals surface area contributed by atoms with Gasteiger partial charge in [0.1, 0.15) is 0 Å². The standard InChI is InChI=1S/C14H14ClF2N3/c15-13-10-4-6-18-8-11(10)12(19-20-13)2-1-9-3-5-14(16,17)7-9/h4,6,8-9H,1-3,5,7H2. The minimum absolute atomic E-state index is 0.00622. The third kappa shape index (κ3) is 2.73. The molecule has 2 heterocycles. The minimum atomic E-state index is -2.49. The van der Waals surface area contributed by atoms with E-state index >= 15 is 0 Å². The Bertz CT molecular complexity index is 633. The van der Waals surface area contributed by atoms with Crippen molar-refractivity contribution in [1.82, 2.24) is 15.2 Å². The van der Waals surface area contributed by atoms with Crippen molar-refractivity contribution in [2.45, 2.75) is 38.0 Å². The average molecular weight is 298 g/mol. The van der Waals surface area contributed by atoms with Crippen LogP contribution in [-0.4, -0.2) is 21.1 Å². The molecule has 0 aromatic carbocycles. The molecule has 1 fully saturated rings. The van der Waals surface area contributed by atoms with Crippen LogP contribution in [0.3, 0.4) is 0 Å². The van der Waals surface area contributed by atoms with Crippen LogP contribution in [0.25, 0.3) is 10.8 Å². The lowest BCUT2D eigenvalue weighted by Crippen LogP contribution is -2.10. The van der Waals surface area contributed by atoms with Gasteiger partial charge in [-0.25, -0.2) is 8.78 Å². The molecule has 0 aliphatic heterocycles. The molecule has 0 N–H and O–H groups in total. The maximum Gasteiger partial charge on any atom is 0.248 e. The summed E-state index contributed by atoms with van der Waals surface area (Å²) in [5.41, 5.74) is 0.785. The van der Waals surface area contributed by atoms with Crippen molar-refractivity contribution in [1.29, 1.82) is 0 Å². The molecule has 2 aromatic rings. The summed E-state index contributed by atoms with van der Waals surface area (Å²) >= 11 is 5.99. The zero-order chi connectivity index (χ0) is 14.2. The molecule has 106 valence electrons. The van der Waals surface area contributed by atoms with E-state index in [2.05, 4.69) is 15.2 Å². The highest BCUT2D eigenvalue weighted by molar-refractivity contribution is 6.34. The highest BCUT2D eigenvalue weighted by atomic mass is 35.5. The van der Waals surface area contributed by atoms with E-state index in [1.807, 2.05) is 0 Å². The summed E-state index contributed by atoms with van der Waals surface area (Å²) < 4.78 is 26.3. The maximum atomic E-state index is 13.2. The van der Waals surface area contributed by atoms with Gasteiger partial charge < -0.3 is 0 Å². The molecule has 0 spiro atoms. The largest absolute Gasteiger partial charge is 0.264 e. The third-order valence-electron chi connectivity index (χ3n) is 3.91. The average Bonchev–Trinajstić information content (AvgIpc) is 2.78. The molecule has 1 aliphatic rings. The van der Waals surface area contributed by atoms with Crippen molar-refractivity contribution in [2.24, 2.45) is 5.92 Å². The number of hydrogen-bond donors (Lipinski definition) is 0. The first-order valence-electron chi connectivity index (χ1n) is 6.68. The van der Waals surface area contributed by atoms with E-state index in [-0.39, 0.29) is 18.8 Å². The Morgan fingerprint density at radius 1 is 1.30 bits per heavy atom. The SMILES string of the molecule is FC1(F)CCC(CCc2nnc(Cl)c3ccncc23)C1. The normalized spacial score (nSPS) is 21.4. The van der Waals surface area contributed by atoms with Crippen LogP contribution >= 0.6 is 11.6 Å². The van der Waals surface area contributed by atoms with E-state index in [0.29, 0.717) is 24.4 Å². The van der Waals surface area contributed by atoms with Gasteiger partial charge >= 0.3 is 0 Å². The molecule has 0 bridgehead atoms. The molecule has 3 rings (SSSR count). The zero-order valence-corrected chi connectivity index (χ0v) is 11.6. The fourth-order valence-electron chi connectivity index (χ4n) is 2.83. The van der Waals surface area contributed by atoms with Gasteiger partial charge in [-0.15, -0.1) is 5.10 Å². The van der Waals surface area contributed by atoms with Crippen LogP contribution in [0.15, 0.2) is 18.5 Å². The maximum absolute atomic E-state index is 13.2. The summed E-state index contributed by atoms with van der Waals surface area (Å²) in [7, 11) is 0. The Morgan fingerprint density at radius 3 is 2.90 bits per heavy atom. The molecule has 2 aromatic heterocycles. The molecule has 20 heavy (non-hydrogen) atoms. The summed E-state index contributed by atoms with van der Waals surface area (Å²) in [6.07, 6.45) is 5.27. The number of alkyl halides is 2. The molecule has 3 nitrogen and oxygen atoms in total. The van der Waals surface area contributed by atoms with Gasteiger partial charge in [0, 0.05) is 36.0 Å². The third-order valence-corrected chi connectivity index (χ3v) is 4.19. The summed E-state index contributed by atoms with van der Waals surface area (Å²) in [4.78, 5) is 4.07. The topological polar surface area (TPSA) is 38.7 Å². The summed E-state index contributed by atoms with van der Waals surface area (Å²) in [5.74, 6) is -2.42. The molecule has 1 aliphatic carbocycles. The fraction of sp³-hybridized carbons (Fsp3) is 0.500. The number of rotatable bonds is 3. The van der Waals surface area contributed by atoms with Crippen LogP contribution in [-0.2, 0) is 6.42 Å². The second-order valence-corrected chi connectivity index (χ2v) is 5.72. The predicted octanol–water partition coefficient (Wildman–Crippen LogP) is 4.05. The van der Waals surface area contributed by atoms with Gasteiger partial charge in [-0.1, -0.05) is 11.6 Å². The van der Waals surface area contributed by atoms with Gasteiger partial charge in [0.15, 0.2) is 5.15 Å². The lowest BCUT2D eigenvalue weighted by atomic mass is 9.99. The number of aromatic nitrogens is 3. The monoisotopic (exact) mass is 297 g/mol. The first kappa shape index (κ1) is 13.6. The Labute approximate surface area is 120 Å². The lowest BCUT2D eigenvalue weighted by Gasteiger charge is -2.11. The number of hydrogen-bond acceptors (Lipinski definition) is 3. The number of pyridine rings is 1. The van der Waals surface area contributed by atoms with Gasteiger partial charge in [0.05, 0.1) is 5.69 Å². The van der Waals surface area contributed by atoms with Crippen LogP contribution < -0.4 is 0 Å². The van der Waals surface area contributed by atoms with Crippen LogP contribution in [0.2, 0.25) is 5.15 Å². The second kappa shape index (κ2) is 5.20. The number of aryl methyl sites for hydroxylation is 1. The fourth-order valence-corrected chi connectivity index (χ4v) is 3.03. The molecular formula is C14H14ClF2N3. The van der Waals surface area contributed by atoms with Crippen molar-refractivity contribution in [3.8, 4) is 0 Å². The van der Waals surface area contributed by atoms with Crippen LogP contribution in [0, 0.1) is 5.92 Å². The van der Waals surface area contributed by atoms with Crippen molar-refractivity contribution in [3.63, 3.8) is 0 Å². The second-order valence-electron chi connectivity index (χ2n) is 5.36. The predicted molar refractivity (Wildman–Crippen MR) is 73.0 cm³/mol. The highest BCUT2D eigenvalue weighted by Gasteiger charge is 2.38.